The van der Waals surface area contributed by atoms with Gasteiger partial charge in [-0.1, -0.05) is 6.42 Å². The van der Waals surface area contributed by atoms with Crippen molar-refractivity contribution in [3.05, 3.63) is 29.8 Å². The first-order chi connectivity index (χ1) is 10.7. The number of nitrogens with one attached hydrogen (secondary N) is 2. The normalized spacial score (nSPS) is 16.2. The molecule has 2 N–H and O–H groups in total. The number of nitrogens with zero attached hydrogens (tertiary/aromatic N) is 2. The van der Waals surface area contributed by atoms with Crippen LogP contribution in [0.4, 0.5) is 4.39 Å². The number of ether oxygens (including phenoxy) is 1. The van der Waals surface area contributed by atoms with Crippen molar-refractivity contribution in [3.63, 3.8) is 0 Å². The van der Waals surface area contributed by atoms with E-state index in [2.05, 4.69) is 20.6 Å². The summed E-state index contributed by atoms with van der Waals surface area (Å²) in [5.41, 5.74) is 0.701. The minimum Gasteiger partial charge on any atom is -0.385 e. The van der Waals surface area contributed by atoms with Crippen molar-refractivity contribution in [2.75, 3.05) is 27.3 Å². The molecule has 2 rings (SSSR count). The van der Waals surface area contributed by atoms with Gasteiger partial charge in [0.05, 0.1) is 12.2 Å². The van der Waals surface area contributed by atoms with Gasteiger partial charge >= 0.3 is 0 Å². The highest BCUT2D eigenvalue weighted by Gasteiger charge is 2.36. The molecule has 1 aliphatic carbocycles. The average Bonchev–Trinajstić information content (AvgIpc) is 2.50. The number of pyridine rings is 1. The molecule has 1 aromatic rings. The van der Waals surface area contributed by atoms with Crippen LogP contribution in [0.5, 0.6) is 0 Å². The van der Waals surface area contributed by atoms with Crippen LogP contribution in [0.3, 0.4) is 0 Å². The Balaban J connectivity index is 0.00000264. The molecule has 0 amide bonds. The van der Waals surface area contributed by atoms with Gasteiger partial charge in [-0.3, -0.25) is 9.98 Å². The van der Waals surface area contributed by atoms with Crippen molar-refractivity contribution in [1.82, 2.24) is 15.6 Å². The highest BCUT2D eigenvalue weighted by Crippen LogP contribution is 2.43. The molecule has 0 atom stereocenters. The molecule has 0 unspecified atom stereocenters. The summed E-state index contributed by atoms with van der Waals surface area (Å²) in [4.78, 5) is 8.21. The summed E-state index contributed by atoms with van der Waals surface area (Å²) in [6, 6.07) is 3.00. The van der Waals surface area contributed by atoms with Crippen LogP contribution in [-0.2, 0) is 11.3 Å². The summed E-state index contributed by atoms with van der Waals surface area (Å²) in [7, 11) is 3.45. The molecule has 1 heterocycles. The van der Waals surface area contributed by atoms with Gasteiger partial charge in [-0.15, -0.1) is 24.0 Å². The monoisotopic (exact) mass is 436 g/mol. The number of hydrogen-bond acceptors (Lipinski definition) is 3. The molecule has 0 radical (unpaired) electrons. The van der Waals surface area contributed by atoms with Crippen LogP contribution in [0.2, 0.25) is 0 Å². The van der Waals surface area contributed by atoms with E-state index in [9.17, 15) is 4.39 Å². The summed E-state index contributed by atoms with van der Waals surface area (Å²) < 4.78 is 18.7. The van der Waals surface area contributed by atoms with Gasteiger partial charge < -0.3 is 15.4 Å². The third kappa shape index (κ3) is 5.87. The maximum absolute atomic E-state index is 13.5. The molecule has 1 saturated carbocycles. The molecule has 130 valence electrons. The van der Waals surface area contributed by atoms with Crippen LogP contribution in [-0.4, -0.2) is 38.3 Å². The lowest BCUT2D eigenvalue weighted by Crippen LogP contribution is -2.46. The van der Waals surface area contributed by atoms with Crippen molar-refractivity contribution in [2.24, 2.45) is 10.4 Å². The average molecular weight is 436 g/mol. The number of guanidine groups is 1. The zero-order chi connectivity index (χ0) is 15.8. The first-order valence-corrected chi connectivity index (χ1v) is 7.72. The first kappa shape index (κ1) is 20.1. The Bertz CT molecular complexity index is 509. The SMILES string of the molecule is CN=C(NCc1ncccc1F)NCC1(CCOC)CCC1.I. The molecule has 1 fully saturated rings. The van der Waals surface area contributed by atoms with Crippen molar-refractivity contribution < 1.29 is 9.13 Å². The molecular formula is C16H26FIN4O. The van der Waals surface area contributed by atoms with Gasteiger partial charge in [-0.2, -0.15) is 0 Å². The Kier molecular flexibility index (Phi) is 8.75. The number of rotatable bonds is 7. The molecule has 23 heavy (non-hydrogen) atoms. The first-order valence-electron chi connectivity index (χ1n) is 7.72. The molecule has 5 nitrogen and oxygen atoms in total. The van der Waals surface area contributed by atoms with Gasteiger partial charge in [-0.25, -0.2) is 4.39 Å². The van der Waals surface area contributed by atoms with Crippen LogP contribution in [0.15, 0.2) is 23.3 Å². The van der Waals surface area contributed by atoms with Gasteiger partial charge in [0.1, 0.15) is 5.82 Å². The fourth-order valence-corrected chi connectivity index (χ4v) is 2.72. The highest BCUT2D eigenvalue weighted by molar-refractivity contribution is 14.0. The van der Waals surface area contributed by atoms with E-state index in [1.54, 1.807) is 26.4 Å². The van der Waals surface area contributed by atoms with Crippen molar-refractivity contribution >= 4 is 29.9 Å². The summed E-state index contributed by atoms with van der Waals surface area (Å²) in [6.07, 6.45) is 6.35. The van der Waals surface area contributed by atoms with Crippen LogP contribution in [0.25, 0.3) is 0 Å². The lowest BCUT2D eigenvalue weighted by atomic mass is 9.67. The number of hydrogen-bond donors (Lipinski definition) is 2. The number of methoxy groups -OCH3 is 1. The van der Waals surface area contributed by atoms with Gasteiger partial charge in [0.25, 0.3) is 0 Å². The molecule has 1 aliphatic rings. The minimum absolute atomic E-state index is 0. The second-order valence-corrected chi connectivity index (χ2v) is 5.81. The fraction of sp³-hybridized carbons (Fsp3) is 0.625. The molecule has 0 saturated heterocycles. The maximum Gasteiger partial charge on any atom is 0.191 e. The van der Waals surface area contributed by atoms with Crippen LogP contribution >= 0.6 is 24.0 Å². The fourth-order valence-electron chi connectivity index (χ4n) is 2.72. The smallest absolute Gasteiger partial charge is 0.191 e. The maximum atomic E-state index is 13.5. The molecular weight excluding hydrogens is 410 g/mol. The van der Waals surface area contributed by atoms with E-state index in [1.165, 1.54) is 25.3 Å². The standard InChI is InChI=1S/C16H25FN4O.HI/c1-18-15(20-11-14-13(17)5-3-9-19-14)21-12-16(6-4-7-16)8-10-22-2;/h3,5,9H,4,6-8,10-12H2,1-2H3,(H2,18,20,21);1H. The quantitative estimate of drug-likeness (QED) is 0.392. The Hall–Kier alpha value is -0.960. The van der Waals surface area contributed by atoms with Crippen LogP contribution in [0, 0.1) is 11.2 Å². The minimum atomic E-state index is -0.305. The Morgan fingerprint density at radius 3 is 2.78 bits per heavy atom. The van der Waals surface area contributed by atoms with Crippen molar-refractivity contribution in [2.45, 2.75) is 32.2 Å². The van der Waals surface area contributed by atoms with Crippen LogP contribution < -0.4 is 10.6 Å². The van der Waals surface area contributed by atoms with Crippen molar-refractivity contribution in [3.8, 4) is 0 Å². The van der Waals surface area contributed by atoms with Crippen molar-refractivity contribution in [1.29, 1.82) is 0 Å². The number of halogens is 2. The predicted molar refractivity (Wildman–Crippen MR) is 101 cm³/mol. The molecule has 1 aromatic heterocycles. The molecule has 0 aromatic carbocycles. The third-order valence-corrected chi connectivity index (χ3v) is 4.36. The van der Waals surface area contributed by atoms with Gasteiger partial charge in [0.2, 0.25) is 0 Å². The second kappa shape index (κ2) is 10.0. The van der Waals surface area contributed by atoms with E-state index in [1.807, 2.05) is 0 Å². The Labute approximate surface area is 154 Å². The third-order valence-electron chi connectivity index (χ3n) is 4.36. The summed E-state index contributed by atoms with van der Waals surface area (Å²) in [5.74, 6) is 0.370. The summed E-state index contributed by atoms with van der Waals surface area (Å²) in [5, 5.41) is 6.45. The van der Waals surface area contributed by atoms with E-state index < -0.39 is 0 Å². The van der Waals surface area contributed by atoms with Gasteiger partial charge in [0.15, 0.2) is 5.96 Å². The molecule has 0 spiro atoms. The van der Waals surface area contributed by atoms with E-state index in [0.29, 0.717) is 23.6 Å². The highest BCUT2D eigenvalue weighted by atomic mass is 127. The van der Waals surface area contributed by atoms with E-state index in [0.717, 1.165) is 19.6 Å². The number of aliphatic imine (C=N–C) groups is 1. The predicted octanol–water partition coefficient (Wildman–Crippen LogP) is 2.71. The lowest BCUT2D eigenvalue weighted by Gasteiger charge is -2.42. The van der Waals surface area contributed by atoms with Gasteiger partial charge in [0, 0.05) is 33.5 Å². The van der Waals surface area contributed by atoms with Crippen LogP contribution in [0.1, 0.15) is 31.4 Å². The second-order valence-electron chi connectivity index (χ2n) is 5.81. The van der Waals surface area contributed by atoms with E-state index >= 15 is 0 Å². The zero-order valence-corrected chi connectivity index (χ0v) is 16.1. The molecule has 0 aliphatic heterocycles. The molecule has 7 heteroatoms. The zero-order valence-electron chi connectivity index (χ0n) is 13.8. The Morgan fingerprint density at radius 2 is 2.22 bits per heavy atom. The van der Waals surface area contributed by atoms with E-state index in [4.69, 9.17) is 4.74 Å². The summed E-state index contributed by atoms with van der Waals surface area (Å²) in [6.45, 7) is 1.96. The Morgan fingerprint density at radius 1 is 1.43 bits per heavy atom. The largest absolute Gasteiger partial charge is 0.385 e. The van der Waals surface area contributed by atoms with Gasteiger partial charge in [-0.05, 0) is 36.8 Å². The molecule has 0 bridgehead atoms. The lowest BCUT2D eigenvalue weighted by molar-refractivity contribution is 0.0732. The van der Waals surface area contributed by atoms with E-state index in [-0.39, 0.29) is 29.8 Å². The topological polar surface area (TPSA) is 58.5 Å². The summed E-state index contributed by atoms with van der Waals surface area (Å²) >= 11 is 0. The number of aromatic nitrogens is 1.